The lowest BCUT2D eigenvalue weighted by atomic mass is 10.2. The quantitative estimate of drug-likeness (QED) is 0.266. The van der Waals surface area contributed by atoms with Gasteiger partial charge in [0, 0.05) is 68.5 Å². The first-order chi connectivity index (χ1) is 21.1. The fraction of sp³-hybridized carbons (Fsp3) is 0.414. The summed E-state index contributed by atoms with van der Waals surface area (Å²) in [6.07, 6.45) is 8.53. The zero-order chi connectivity index (χ0) is 29.2. The maximum atomic E-state index is 13.3. The number of carbonyl (C=O) groups is 1. The van der Waals surface area contributed by atoms with E-state index in [1.54, 1.807) is 19.5 Å². The van der Waals surface area contributed by atoms with Crippen LogP contribution < -0.4 is 30.1 Å². The second-order valence-corrected chi connectivity index (χ2v) is 11.0. The third kappa shape index (κ3) is 5.98. The molecule has 0 spiro atoms. The first-order valence-corrected chi connectivity index (χ1v) is 14.7. The van der Waals surface area contributed by atoms with Crippen molar-refractivity contribution in [3.8, 4) is 5.75 Å². The Labute approximate surface area is 248 Å². The van der Waals surface area contributed by atoms with E-state index in [0.717, 1.165) is 49.7 Å². The van der Waals surface area contributed by atoms with E-state index < -0.39 is 6.04 Å². The molecule has 1 unspecified atom stereocenters. The van der Waals surface area contributed by atoms with Crippen LogP contribution in [-0.2, 0) is 4.79 Å². The van der Waals surface area contributed by atoms with Crippen molar-refractivity contribution in [3.05, 3.63) is 54.6 Å². The fourth-order valence-electron chi connectivity index (χ4n) is 5.61. The molecule has 3 fully saturated rings. The van der Waals surface area contributed by atoms with E-state index in [-0.39, 0.29) is 5.91 Å². The Kier molecular flexibility index (Phi) is 7.31. The molecule has 14 heteroatoms. The average Bonchev–Trinajstić information content (AvgIpc) is 3.58. The number of methoxy groups -OCH3 is 1. The number of amides is 1. The highest BCUT2D eigenvalue weighted by Crippen LogP contribution is 2.39. The smallest absolute Gasteiger partial charge is 0.248 e. The van der Waals surface area contributed by atoms with Crippen molar-refractivity contribution >= 4 is 41.1 Å². The monoisotopic (exact) mass is 582 g/mol. The molecule has 43 heavy (non-hydrogen) atoms. The molecule has 1 aromatic carbocycles. The molecular weight excluding hydrogens is 548 g/mol. The molecule has 3 N–H and O–H groups in total. The Balaban J connectivity index is 1.13. The maximum Gasteiger partial charge on any atom is 0.248 e. The number of rotatable bonds is 9. The van der Waals surface area contributed by atoms with Crippen LogP contribution in [0.25, 0.3) is 0 Å². The summed E-state index contributed by atoms with van der Waals surface area (Å²) in [5.41, 5.74) is 2.27. The number of H-pyrrole nitrogens is 1. The number of benzene rings is 1. The van der Waals surface area contributed by atoms with Crippen molar-refractivity contribution in [2.45, 2.75) is 37.6 Å². The molecule has 0 radical (unpaired) electrons. The van der Waals surface area contributed by atoms with Gasteiger partial charge in [-0.2, -0.15) is 20.1 Å². The third-order valence-corrected chi connectivity index (χ3v) is 8.09. The van der Waals surface area contributed by atoms with Gasteiger partial charge < -0.3 is 30.1 Å². The minimum Gasteiger partial charge on any atom is -0.497 e. The van der Waals surface area contributed by atoms with Gasteiger partial charge in [-0.3, -0.25) is 14.9 Å². The molecule has 0 bridgehead atoms. The Hall–Kier alpha value is -5.01. The first kappa shape index (κ1) is 26.9. The number of hydrogen-bond donors (Lipinski definition) is 3. The summed E-state index contributed by atoms with van der Waals surface area (Å²) < 4.78 is 5.31. The van der Waals surface area contributed by atoms with Gasteiger partial charge in [0.15, 0.2) is 11.6 Å². The van der Waals surface area contributed by atoms with Crippen LogP contribution in [0.1, 0.15) is 37.3 Å². The summed E-state index contributed by atoms with van der Waals surface area (Å²) in [4.78, 5) is 42.5. The summed E-state index contributed by atoms with van der Waals surface area (Å²) in [6.45, 7) is 3.75. The lowest BCUT2D eigenvalue weighted by molar-refractivity contribution is -0.117. The van der Waals surface area contributed by atoms with E-state index in [9.17, 15) is 4.79 Å². The van der Waals surface area contributed by atoms with Gasteiger partial charge >= 0.3 is 0 Å². The molecule has 1 atom stereocenters. The van der Waals surface area contributed by atoms with Crippen molar-refractivity contribution in [2.24, 2.45) is 0 Å². The molecule has 7 rings (SSSR count). The van der Waals surface area contributed by atoms with Crippen LogP contribution in [0.4, 0.5) is 35.2 Å². The second-order valence-electron chi connectivity index (χ2n) is 11.0. The predicted molar refractivity (Wildman–Crippen MR) is 162 cm³/mol. The highest BCUT2D eigenvalue weighted by molar-refractivity contribution is 5.96. The Bertz CT molecular complexity index is 1550. The Morgan fingerprint density at radius 1 is 0.930 bits per heavy atom. The zero-order valence-electron chi connectivity index (χ0n) is 24.0. The van der Waals surface area contributed by atoms with Crippen LogP contribution in [-0.4, -0.2) is 86.9 Å². The van der Waals surface area contributed by atoms with E-state index in [2.05, 4.69) is 52.7 Å². The maximum absolute atomic E-state index is 13.3. The number of aromatic nitrogens is 7. The number of hydrogen-bond acceptors (Lipinski definition) is 12. The van der Waals surface area contributed by atoms with E-state index >= 15 is 0 Å². The number of piperazine rings is 1. The zero-order valence-corrected chi connectivity index (χ0v) is 24.0. The van der Waals surface area contributed by atoms with Gasteiger partial charge in [-0.25, -0.2) is 4.98 Å². The minimum absolute atomic E-state index is 0.163. The largest absolute Gasteiger partial charge is 0.497 e. The minimum atomic E-state index is -0.441. The normalized spacial score (nSPS) is 18.5. The van der Waals surface area contributed by atoms with E-state index in [1.165, 1.54) is 19.0 Å². The predicted octanol–water partition coefficient (Wildman–Crippen LogP) is 2.95. The molecule has 4 aromatic rings. The molecule has 1 amide bonds. The molecule has 1 aliphatic carbocycles. The summed E-state index contributed by atoms with van der Waals surface area (Å²) in [6, 6.07) is 9.70. The van der Waals surface area contributed by atoms with Crippen molar-refractivity contribution < 1.29 is 9.53 Å². The number of nitrogens with zero attached hydrogens (tertiary/aromatic N) is 9. The molecule has 222 valence electrons. The summed E-state index contributed by atoms with van der Waals surface area (Å²) >= 11 is 0. The lowest BCUT2D eigenvalue weighted by Crippen LogP contribution is -2.47. The van der Waals surface area contributed by atoms with Crippen LogP contribution in [0.3, 0.4) is 0 Å². The van der Waals surface area contributed by atoms with Crippen LogP contribution >= 0.6 is 0 Å². The molecule has 3 aliphatic rings. The standard InChI is InChI=1S/C29H34N12O2/c1-43-21-8-6-20(7-9-21)39-13-15-40(16-14-39)28-34-27(33-24-17-22(37-38-24)19-4-5-19)35-29(36-28)41-12-2-3-23(41)26(42)32-25-18-30-10-11-31-25/h6-11,17-19,23H,2-5,12-16H2,1H3,(H,31,32,42)(H2,33,34,35,36,37,38). The molecule has 2 saturated heterocycles. The molecule has 5 heterocycles. The molecule has 1 saturated carbocycles. The summed E-state index contributed by atoms with van der Waals surface area (Å²) in [5, 5.41) is 13.7. The SMILES string of the molecule is COc1ccc(N2CCN(c3nc(Nc4cc(C5CC5)[nH]n4)nc(N4CCCC4C(=O)Nc4cnccn4)n3)CC2)cc1. The van der Waals surface area contributed by atoms with Gasteiger partial charge in [-0.05, 0) is 49.9 Å². The Morgan fingerprint density at radius 2 is 1.72 bits per heavy atom. The van der Waals surface area contributed by atoms with Gasteiger partial charge in [0.2, 0.25) is 23.8 Å². The van der Waals surface area contributed by atoms with E-state index in [4.69, 9.17) is 19.7 Å². The lowest BCUT2D eigenvalue weighted by Gasteiger charge is -2.36. The van der Waals surface area contributed by atoms with Gasteiger partial charge in [0.25, 0.3) is 0 Å². The van der Waals surface area contributed by atoms with Crippen LogP contribution in [0, 0.1) is 0 Å². The average molecular weight is 583 g/mol. The number of nitrogens with one attached hydrogen (secondary N) is 3. The van der Waals surface area contributed by atoms with Gasteiger partial charge in [0.05, 0.1) is 13.3 Å². The number of anilines is 6. The highest BCUT2D eigenvalue weighted by Gasteiger charge is 2.34. The van der Waals surface area contributed by atoms with Crippen LogP contribution in [0.5, 0.6) is 5.75 Å². The molecule has 3 aromatic heterocycles. The van der Waals surface area contributed by atoms with Gasteiger partial charge in [0.1, 0.15) is 11.8 Å². The number of ether oxygens (including phenoxy) is 1. The molecule has 2 aliphatic heterocycles. The number of carbonyl (C=O) groups excluding carboxylic acids is 1. The van der Waals surface area contributed by atoms with E-state index in [1.807, 2.05) is 23.1 Å². The highest BCUT2D eigenvalue weighted by atomic mass is 16.5. The molecular formula is C29H34N12O2. The van der Waals surface area contributed by atoms with Crippen molar-refractivity contribution in [2.75, 3.05) is 65.2 Å². The topological polar surface area (TPSA) is 153 Å². The fourth-order valence-corrected chi connectivity index (χ4v) is 5.61. The van der Waals surface area contributed by atoms with Crippen LogP contribution in [0.15, 0.2) is 48.9 Å². The van der Waals surface area contributed by atoms with Gasteiger partial charge in [-0.15, -0.1) is 0 Å². The van der Waals surface area contributed by atoms with E-state index in [0.29, 0.717) is 48.4 Å². The molecule has 14 nitrogen and oxygen atoms in total. The summed E-state index contributed by atoms with van der Waals surface area (Å²) in [5.74, 6) is 3.72. The van der Waals surface area contributed by atoms with Gasteiger partial charge in [-0.1, -0.05) is 0 Å². The number of aromatic amines is 1. The Morgan fingerprint density at radius 3 is 2.47 bits per heavy atom. The second kappa shape index (κ2) is 11.7. The van der Waals surface area contributed by atoms with Crippen LogP contribution in [0.2, 0.25) is 0 Å². The van der Waals surface area contributed by atoms with Crippen molar-refractivity contribution in [1.82, 2.24) is 35.1 Å². The van der Waals surface area contributed by atoms with Crippen molar-refractivity contribution in [1.29, 1.82) is 0 Å². The summed E-state index contributed by atoms with van der Waals surface area (Å²) in [7, 11) is 1.67. The van der Waals surface area contributed by atoms with Crippen molar-refractivity contribution in [3.63, 3.8) is 0 Å². The first-order valence-electron chi connectivity index (χ1n) is 14.7. The third-order valence-electron chi connectivity index (χ3n) is 8.09.